The minimum Gasteiger partial charge on any atom is -0.481 e. The second-order valence-electron chi connectivity index (χ2n) is 4.42. The van der Waals surface area contributed by atoms with E-state index in [0.29, 0.717) is 0 Å². The number of carbonyl (C=O) groups is 1. The van der Waals surface area contributed by atoms with Crippen molar-refractivity contribution >= 4 is 5.97 Å². The van der Waals surface area contributed by atoms with Crippen LogP contribution in [0.2, 0.25) is 0 Å². The Balaban J connectivity index is 2.72. The van der Waals surface area contributed by atoms with Crippen LogP contribution in [-0.4, -0.2) is 16.7 Å². The average molecular weight is 188 g/mol. The normalized spacial score (nSPS) is 21.8. The summed E-state index contributed by atoms with van der Waals surface area (Å²) in [4.78, 5) is 10.9. The van der Waals surface area contributed by atoms with Crippen LogP contribution in [-0.2, 0) is 4.79 Å². The molecule has 3 heteroatoms. The molecule has 0 heterocycles. The van der Waals surface area contributed by atoms with E-state index in [1.54, 1.807) is 0 Å². The second-order valence-corrected chi connectivity index (χ2v) is 4.42. The van der Waals surface area contributed by atoms with Crippen molar-refractivity contribution in [3.05, 3.63) is 0 Å². The van der Waals surface area contributed by atoms with Gasteiger partial charge in [0.15, 0.2) is 0 Å². The lowest BCUT2D eigenvalue weighted by Crippen LogP contribution is -2.37. The quantitative estimate of drug-likeness (QED) is 0.739. The molecule has 0 spiro atoms. The van der Waals surface area contributed by atoms with Gasteiger partial charge in [-0.15, -0.1) is 0 Å². The van der Waals surface area contributed by atoms with Crippen LogP contribution in [0.3, 0.4) is 0 Å². The van der Waals surface area contributed by atoms with Gasteiger partial charge in [-0.1, -0.05) is 12.8 Å². The Morgan fingerprint density at radius 2 is 1.92 bits per heavy atom. The fraction of sp³-hybridized carbons (Fsp3) is 0.900. The minimum atomic E-state index is -1.60. The van der Waals surface area contributed by atoms with Crippen LogP contribution in [0.1, 0.15) is 39.5 Å². The molecule has 2 nitrogen and oxygen atoms in total. The topological polar surface area (TPSA) is 37.3 Å². The molecule has 0 aromatic heterocycles. The van der Waals surface area contributed by atoms with Crippen molar-refractivity contribution in [3.63, 3.8) is 0 Å². The molecular weight excluding hydrogens is 171 g/mol. The molecule has 76 valence electrons. The summed E-state index contributed by atoms with van der Waals surface area (Å²) in [7, 11) is 0. The molecular formula is C10H17FO2. The molecule has 13 heavy (non-hydrogen) atoms. The predicted molar refractivity (Wildman–Crippen MR) is 48.3 cm³/mol. The smallest absolute Gasteiger partial charge is 0.310 e. The zero-order valence-electron chi connectivity index (χ0n) is 8.22. The van der Waals surface area contributed by atoms with E-state index in [2.05, 4.69) is 0 Å². The highest BCUT2D eigenvalue weighted by molar-refractivity contribution is 5.71. The number of halogens is 1. The maximum Gasteiger partial charge on any atom is 0.310 e. The molecule has 0 aromatic rings. The summed E-state index contributed by atoms with van der Waals surface area (Å²) >= 11 is 0. The monoisotopic (exact) mass is 188 g/mol. The fourth-order valence-corrected chi connectivity index (χ4v) is 2.35. The van der Waals surface area contributed by atoms with Gasteiger partial charge in [0.25, 0.3) is 0 Å². The summed E-state index contributed by atoms with van der Waals surface area (Å²) in [5.74, 6) is -1.77. The SMILES string of the molecule is CC(C)(F)C(C(=O)O)C1CCCC1. The van der Waals surface area contributed by atoms with E-state index < -0.39 is 17.6 Å². The molecule has 0 amide bonds. The first-order valence-corrected chi connectivity index (χ1v) is 4.84. The molecule has 0 radical (unpaired) electrons. The maximum absolute atomic E-state index is 13.6. The zero-order chi connectivity index (χ0) is 10.1. The molecule has 1 atom stereocenters. The Morgan fingerprint density at radius 3 is 2.23 bits per heavy atom. The first-order chi connectivity index (χ1) is 5.93. The van der Waals surface area contributed by atoms with Crippen molar-refractivity contribution in [3.8, 4) is 0 Å². The van der Waals surface area contributed by atoms with Crippen LogP contribution < -0.4 is 0 Å². The van der Waals surface area contributed by atoms with Crippen LogP contribution in [0.25, 0.3) is 0 Å². The Labute approximate surface area is 78.1 Å². The van der Waals surface area contributed by atoms with Crippen molar-refractivity contribution in [1.82, 2.24) is 0 Å². The molecule has 1 saturated carbocycles. The Hall–Kier alpha value is -0.600. The Bertz CT molecular complexity index is 190. The number of hydrogen-bond donors (Lipinski definition) is 1. The summed E-state index contributed by atoms with van der Waals surface area (Å²) < 4.78 is 13.6. The van der Waals surface area contributed by atoms with Crippen LogP contribution in [0, 0.1) is 11.8 Å². The molecule has 1 unspecified atom stereocenters. The lowest BCUT2D eigenvalue weighted by molar-refractivity contribution is -0.149. The molecule has 1 aliphatic carbocycles. The Morgan fingerprint density at radius 1 is 1.46 bits per heavy atom. The number of carboxylic acid groups (broad SMARTS) is 1. The lowest BCUT2D eigenvalue weighted by Gasteiger charge is -2.28. The number of alkyl halides is 1. The number of rotatable bonds is 3. The van der Waals surface area contributed by atoms with Crippen molar-refractivity contribution in [2.75, 3.05) is 0 Å². The van der Waals surface area contributed by atoms with E-state index in [4.69, 9.17) is 5.11 Å². The third-order valence-corrected chi connectivity index (χ3v) is 2.88. The molecule has 1 fully saturated rings. The summed E-state index contributed by atoms with van der Waals surface area (Å²) in [5, 5.41) is 8.93. The van der Waals surface area contributed by atoms with Gasteiger partial charge >= 0.3 is 5.97 Å². The maximum atomic E-state index is 13.6. The standard InChI is InChI=1S/C10H17FO2/c1-10(2,11)8(9(12)13)7-5-3-4-6-7/h7-8H,3-6H2,1-2H3,(H,12,13). The summed E-state index contributed by atoms with van der Waals surface area (Å²) in [6, 6.07) is 0. The van der Waals surface area contributed by atoms with Gasteiger partial charge in [0.1, 0.15) is 5.67 Å². The molecule has 1 aliphatic rings. The molecule has 0 saturated heterocycles. The fourth-order valence-electron chi connectivity index (χ4n) is 2.35. The summed E-state index contributed by atoms with van der Waals surface area (Å²) in [6.45, 7) is 2.73. The van der Waals surface area contributed by atoms with Crippen molar-refractivity contribution in [1.29, 1.82) is 0 Å². The van der Waals surface area contributed by atoms with Crippen LogP contribution >= 0.6 is 0 Å². The first-order valence-electron chi connectivity index (χ1n) is 4.84. The molecule has 0 bridgehead atoms. The van der Waals surface area contributed by atoms with Gasteiger partial charge in [0, 0.05) is 0 Å². The van der Waals surface area contributed by atoms with Gasteiger partial charge in [-0.05, 0) is 32.6 Å². The van der Waals surface area contributed by atoms with E-state index in [1.165, 1.54) is 13.8 Å². The first kappa shape index (κ1) is 10.5. The largest absolute Gasteiger partial charge is 0.481 e. The van der Waals surface area contributed by atoms with Crippen molar-refractivity contribution in [2.45, 2.75) is 45.2 Å². The number of aliphatic carboxylic acids is 1. The lowest BCUT2D eigenvalue weighted by atomic mass is 9.80. The third-order valence-electron chi connectivity index (χ3n) is 2.88. The molecule has 0 aromatic carbocycles. The second kappa shape index (κ2) is 3.64. The van der Waals surface area contributed by atoms with Gasteiger partial charge in [-0.2, -0.15) is 0 Å². The van der Waals surface area contributed by atoms with E-state index in [0.717, 1.165) is 25.7 Å². The van der Waals surface area contributed by atoms with Gasteiger partial charge in [-0.3, -0.25) is 4.79 Å². The third kappa shape index (κ3) is 2.42. The van der Waals surface area contributed by atoms with Crippen LogP contribution in [0.4, 0.5) is 4.39 Å². The summed E-state index contributed by atoms with van der Waals surface area (Å²) in [5.41, 5.74) is -1.60. The molecule has 0 aliphatic heterocycles. The van der Waals surface area contributed by atoms with E-state index in [-0.39, 0.29) is 5.92 Å². The highest BCUT2D eigenvalue weighted by Gasteiger charge is 2.42. The highest BCUT2D eigenvalue weighted by atomic mass is 19.1. The van der Waals surface area contributed by atoms with Gasteiger partial charge in [-0.25, -0.2) is 4.39 Å². The summed E-state index contributed by atoms with van der Waals surface area (Å²) in [6.07, 6.45) is 3.82. The highest BCUT2D eigenvalue weighted by Crippen LogP contribution is 2.38. The van der Waals surface area contributed by atoms with Crippen LogP contribution in [0.15, 0.2) is 0 Å². The van der Waals surface area contributed by atoms with Crippen LogP contribution in [0.5, 0.6) is 0 Å². The van der Waals surface area contributed by atoms with E-state index >= 15 is 0 Å². The predicted octanol–water partition coefficient (Wildman–Crippen LogP) is 2.63. The molecule has 1 N–H and O–H groups in total. The number of hydrogen-bond acceptors (Lipinski definition) is 1. The van der Waals surface area contributed by atoms with Gasteiger partial charge < -0.3 is 5.11 Å². The van der Waals surface area contributed by atoms with Gasteiger partial charge in [0.2, 0.25) is 0 Å². The minimum absolute atomic E-state index is 0.0394. The number of carboxylic acids is 1. The average Bonchev–Trinajstić information content (AvgIpc) is 2.34. The van der Waals surface area contributed by atoms with Gasteiger partial charge in [0.05, 0.1) is 5.92 Å². The van der Waals surface area contributed by atoms with E-state index in [1.807, 2.05) is 0 Å². The Kier molecular flexibility index (Phi) is 2.94. The van der Waals surface area contributed by atoms with Crippen molar-refractivity contribution < 1.29 is 14.3 Å². The zero-order valence-corrected chi connectivity index (χ0v) is 8.22. The van der Waals surface area contributed by atoms with E-state index in [9.17, 15) is 9.18 Å². The molecule has 1 rings (SSSR count). The van der Waals surface area contributed by atoms with Crippen molar-refractivity contribution in [2.24, 2.45) is 11.8 Å².